The number of likely N-dealkylation sites (tertiary alicyclic amines) is 1. The molecule has 2 atom stereocenters. The maximum absolute atomic E-state index is 12.2. The Morgan fingerprint density at radius 2 is 2.13 bits per heavy atom. The van der Waals surface area contributed by atoms with Crippen LogP contribution < -0.4 is 5.32 Å². The Kier molecular flexibility index (Phi) is 5.62. The summed E-state index contributed by atoms with van der Waals surface area (Å²) in [5, 5.41) is 13.0. The van der Waals surface area contributed by atoms with Gasteiger partial charge < -0.3 is 10.4 Å². The summed E-state index contributed by atoms with van der Waals surface area (Å²) in [6, 6.07) is 6.06. The lowest BCUT2D eigenvalue weighted by Crippen LogP contribution is -2.43. The topological polar surface area (TPSA) is 65.5 Å². The lowest BCUT2D eigenvalue weighted by Gasteiger charge is -2.33. The van der Waals surface area contributed by atoms with E-state index < -0.39 is 0 Å². The van der Waals surface area contributed by atoms with E-state index >= 15 is 0 Å². The second kappa shape index (κ2) is 7.88. The van der Waals surface area contributed by atoms with Gasteiger partial charge in [-0.25, -0.2) is 0 Å². The lowest BCUT2D eigenvalue weighted by atomic mass is 9.83. The number of hydrogen-bond donors (Lipinski definition) is 2. The quantitative estimate of drug-likeness (QED) is 0.868. The number of rotatable bonds is 5. The van der Waals surface area contributed by atoms with Gasteiger partial charge in [0, 0.05) is 18.8 Å². The fourth-order valence-electron chi connectivity index (χ4n) is 4.03. The first-order valence-corrected chi connectivity index (χ1v) is 8.81. The Morgan fingerprint density at radius 3 is 2.87 bits per heavy atom. The van der Waals surface area contributed by atoms with Crippen molar-refractivity contribution in [2.75, 3.05) is 13.1 Å². The van der Waals surface area contributed by atoms with E-state index in [1.54, 1.807) is 6.20 Å². The van der Waals surface area contributed by atoms with E-state index in [9.17, 15) is 9.90 Å². The van der Waals surface area contributed by atoms with Crippen LogP contribution in [0.15, 0.2) is 24.4 Å². The van der Waals surface area contributed by atoms with E-state index in [1.807, 2.05) is 18.2 Å². The van der Waals surface area contributed by atoms with Crippen LogP contribution in [-0.4, -0.2) is 46.1 Å². The van der Waals surface area contributed by atoms with Crippen LogP contribution in [0.2, 0.25) is 0 Å². The highest BCUT2D eigenvalue weighted by atomic mass is 16.3. The van der Waals surface area contributed by atoms with Gasteiger partial charge in [-0.3, -0.25) is 14.7 Å². The first-order valence-electron chi connectivity index (χ1n) is 8.81. The molecule has 2 aliphatic rings. The lowest BCUT2D eigenvalue weighted by molar-refractivity contribution is -0.123. The van der Waals surface area contributed by atoms with Gasteiger partial charge in [-0.2, -0.15) is 0 Å². The van der Waals surface area contributed by atoms with Crippen molar-refractivity contribution in [3.05, 3.63) is 30.1 Å². The van der Waals surface area contributed by atoms with Crippen molar-refractivity contribution >= 4 is 5.91 Å². The predicted molar refractivity (Wildman–Crippen MR) is 88.6 cm³/mol. The number of carbonyl (C=O) groups is 1. The molecule has 126 valence electrons. The van der Waals surface area contributed by atoms with Crippen molar-refractivity contribution < 1.29 is 9.90 Å². The highest BCUT2D eigenvalue weighted by Gasteiger charge is 2.37. The number of pyridine rings is 1. The number of β-amino-alcohol motifs (C(OH)–C–C–N with tert-alkyl or cyclic N) is 1. The fourth-order valence-corrected chi connectivity index (χ4v) is 4.03. The molecule has 1 aromatic heterocycles. The van der Waals surface area contributed by atoms with E-state index in [1.165, 1.54) is 32.1 Å². The Morgan fingerprint density at radius 1 is 1.30 bits per heavy atom. The summed E-state index contributed by atoms with van der Waals surface area (Å²) in [6.45, 7) is 1.47. The molecule has 0 aromatic carbocycles. The van der Waals surface area contributed by atoms with Gasteiger partial charge in [-0.15, -0.1) is 0 Å². The molecule has 1 amide bonds. The van der Waals surface area contributed by atoms with Crippen molar-refractivity contribution in [2.24, 2.45) is 5.92 Å². The van der Waals surface area contributed by atoms with E-state index in [2.05, 4.69) is 15.2 Å². The molecule has 0 bridgehead atoms. The SMILES string of the molecule is O=C(CN1C[C@H](O)C[C@@H]1C1CCCCC1)NCc1ccccn1. The number of carbonyl (C=O) groups excluding carboxylic acids is 1. The standard InChI is InChI=1S/C18H27N3O2/c22-16-10-17(14-6-2-1-3-7-14)21(12-16)13-18(23)20-11-15-8-4-5-9-19-15/h4-5,8-9,14,16-17,22H,1-3,6-7,10-13H2,(H,20,23)/t16-,17-/m1/s1. The second-order valence-electron chi connectivity index (χ2n) is 6.88. The minimum Gasteiger partial charge on any atom is -0.392 e. The molecule has 2 heterocycles. The number of amides is 1. The summed E-state index contributed by atoms with van der Waals surface area (Å²) < 4.78 is 0. The normalized spacial score (nSPS) is 26.3. The summed E-state index contributed by atoms with van der Waals surface area (Å²) in [7, 11) is 0. The van der Waals surface area contributed by atoms with Gasteiger partial charge in [0.05, 0.1) is 24.9 Å². The summed E-state index contributed by atoms with van der Waals surface area (Å²) in [6.07, 6.45) is 8.65. The molecule has 1 saturated heterocycles. The predicted octanol–water partition coefficient (Wildman–Crippen LogP) is 1.71. The first-order chi connectivity index (χ1) is 11.2. The molecule has 0 radical (unpaired) electrons. The van der Waals surface area contributed by atoms with E-state index in [-0.39, 0.29) is 12.0 Å². The zero-order chi connectivity index (χ0) is 16.1. The number of aliphatic hydroxyl groups is 1. The largest absolute Gasteiger partial charge is 0.392 e. The molecule has 5 nitrogen and oxygen atoms in total. The number of aromatic nitrogens is 1. The van der Waals surface area contributed by atoms with Crippen LogP contribution in [0.1, 0.15) is 44.2 Å². The molecule has 5 heteroatoms. The van der Waals surface area contributed by atoms with Crippen molar-refractivity contribution in [1.29, 1.82) is 0 Å². The minimum absolute atomic E-state index is 0.0190. The van der Waals surface area contributed by atoms with Crippen molar-refractivity contribution in [1.82, 2.24) is 15.2 Å². The third-order valence-corrected chi connectivity index (χ3v) is 5.16. The van der Waals surface area contributed by atoms with Crippen molar-refractivity contribution in [3.8, 4) is 0 Å². The van der Waals surface area contributed by atoms with Gasteiger partial charge >= 0.3 is 0 Å². The highest BCUT2D eigenvalue weighted by Crippen LogP contribution is 2.34. The zero-order valence-electron chi connectivity index (χ0n) is 13.7. The average molecular weight is 317 g/mol. The molecule has 1 aliphatic heterocycles. The number of nitrogens with zero attached hydrogens (tertiary/aromatic N) is 2. The van der Waals surface area contributed by atoms with Gasteiger partial charge in [0.25, 0.3) is 0 Å². The molecular weight excluding hydrogens is 290 g/mol. The van der Waals surface area contributed by atoms with Gasteiger partial charge in [-0.05, 0) is 37.3 Å². The van der Waals surface area contributed by atoms with Gasteiger partial charge in [-0.1, -0.05) is 25.3 Å². The van der Waals surface area contributed by atoms with E-state index in [0.29, 0.717) is 31.6 Å². The Labute approximate surface area is 138 Å². The number of nitrogens with one attached hydrogen (secondary N) is 1. The maximum Gasteiger partial charge on any atom is 0.234 e. The van der Waals surface area contributed by atoms with Crippen molar-refractivity contribution in [2.45, 2.75) is 57.2 Å². The molecule has 23 heavy (non-hydrogen) atoms. The summed E-state index contributed by atoms with van der Waals surface area (Å²) >= 11 is 0. The zero-order valence-corrected chi connectivity index (χ0v) is 13.7. The molecule has 0 unspecified atom stereocenters. The van der Waals surface area contributed by atoms with E-state index in [0.717, 1.165) is 12.1 Å². The van der Waals surface area contributed by atoms with Crippen LogP contribution >= 0.6 is 0 Å². The first kappa shape index (κ1) is 16.4. The van der Waals surface area contributed by atoms with Crippen LogP contribution in [0.25, 0.3) is 0 Å². The van der Waals surface area contributed by atoms with Crippen molar-refractivity contribution in [3.63, 3.8) is 0 Å². The molecule has 2 fully saturated rings. The van der Waals surface area contributed by atoms with Crippen LogP contribution in [0.3, 0.4) is 0 Å². The third-order valence-electron chi connectivity index (χ3n) is 5.16. The number of aliphatic hydroxyl groups excluding tert-OH is 1. The van der Waals surface area contributed by atoms with Crippen LogP contribution in [0, 0.1) is 5.92 Å². The van der Waals surface area contributed by atoms with Gasteiger partial charge in [0.1, 0.15) is 0 Å². The minimum atomic E-state index is -0.287. The fraction of sp³-hybridized carbons (Fsp3) is 0.667. The molecule has 0 spiro atoms. The number of hydrogen-bond acceptors (Lipinski definition) is 4. The third kappa shape index (κ3) is 4.52. The summed E-state index contributed by atoms with van der Waals surface area (Å²) in [4.78, 5) is 18.6. The molecule has 1 aliphatic carbocycles. The highest BCUT2D eigenvalue weighted by molar-refractivity contribution is 5.78. The maximum atomic E-state index is 12.2. The molecule has 1 saturated carbocycles. The summed E-state index contributed by atoms with van der Waals surface area (Å²) in [5.41, 5.74) is 0.867. The molecule has 2 N–H and O–H groups in total. The van der Waals surface area contributed by atoms with E-state index in [4.69, 9.17) is 0 Å². The van der Waals surface area contributed by atoms with Crippen LogP contribution in [-0.2, 0) is 11.3 Å². The molecule has 3 rings (SSSR count). The Bertz CT molecular complexity index is 502. The summed E-state index contributed by atoms with van der Waals surface area (Å²) in [5.74, 6) is 0.662. The second-order valence-corrected chi connectivity index (χ2v) is 6.88. The van der Waals surface area contributed by atoms with Crippen LogP contribution in [0.5, 0.6) is 0 Å². The Hall–Kier alpha value is -1.46. The molecular formula is C18H27N3O2. The Balaban J connectivity index is 1.51. The van der Waals surface area contributed by atoms with Crippen LogP contribution in [0.4, 0.5) is 0 Å². The smallest absolute Gasteiger partial charge is 0.234 e. The monoisotopic (exact) mass is 317 g/mol. The van der Waals surface area contributed by atoms with Gasteiger partial charge in [0.2, 0.25) is 5.91 Å². The van der Waals surface area contributed by atoms with Gasteiger partial charge in [0.15, 0.2) is 0 Å². The molecule has 1 aromatic rings. The average Bonchev–Trinajstić information content (AvgIpc) is 2.95.